The van der Waals surface area contributed by atoms with Crippen LogP contribution in [0.2, 0.25) is 0 Å². The minimum Gasteiger partial charge on any atom is -0.508 e. The van der Waals surface area contributed by atoms with Crippen molar-refractivity contribution in [2.24, 2.45) is 0 Å². The molecule has 1 unspecified atom stereocenters. The number of phenols is 1. The fourth-order valence-corrected chi connectivity index (χ4v) is 3.13. The van der Waals surface area contributed by atoms with Crippen molar-refractivity contribution < 1.29 is 9.84 Å². The SMILES string of the molecule is CCCN(CCC)C1CC(C)(C)Oc2cc(O)ccc21. The summed E-state index contributed by atoms with van der Waals surface area (Å²) in [5, 5.41) is 9.70. The van der Waals surface area contributed by atoms with E-state index in [1.165, 1.54) is 5.56 Å². The van der Waals surface area contributed by atoms with Gasteiger partial charge in [0.25, 0.3) is 0 Å². The van der Waals surface area contributed by atoms with Gasteiger partial charge in [-0.2, -0.15) is 0 Å². The van der Waals surface area contributed by atoms with Gasteiger partial charge >= 0.3 is 0 Å². The molecule has 0 fully saturated rings. The molecule has 1 aromatic carbocycles. The number of aromatic hydroxyl groups is 1. The molecule has 0 saturated heterocycles. The van der Waals surface area contributed by atoms with E-state index >= 15 is 0 Å². The Kier molecular flexibility index (Phi) is 4.59. The zero-order chi connectivity index (χ0) is 14.8. The lowest BCUT2D eigenvalue weighted by molar-refractivity contribution is 0.0293. The molecule has 1 aromatic rings. The number of benzene rings is 1. The van der Waals surface area contributed by atoms with E-state index in [0.29, 0.717) is 6.04 Å². The van der Waals surface area contributed by atoms with E-state index in [1.54, 1.807) is 12.1 Å². The van der Waals surface area contributed by atoms with Crippen molar-refractivity contribution in [3.8, 4) is 11.5 Å². The molecule has 112 valence electrons. The van der Waals surface area contributed by atoms with Gasteiger partial charge in [-0.05, 0) is 45.8 Å². The maximum atomic E-state index is 9.70. The molecule has 3 nitrogen and oxygen atoms in total. The Bertz CT molecular complexity index is 450. The summed E-state index contributed by atoms with van der Waals surface area (Å²) in [5.74, 6) is 1.11. The average Bonchev–Trinajstić information content (AvgIpc) is 2.36. The lowest BCUT2D eigenvalue weighted by atomic mass is 9.88. The topological polar surface area (TPSA) is 32.7 Å². The van der Waals surface area contributed by atoms with Crippen LogP contribution in [-0.4, -0.2) is 28.7 Å². The highest BCUT2D eigenvalue weighted by Gasteiger charge is 2.36. The normalized spacial score (nSPS) is 20.6. The van der Waals surface area contributed by atoms with Crippen LogP contribution in [-0.2, 0) is 0 Å². The third-order valence-electron chi connectivity index (χ3n) is 3.89. The molecule has 1 aliphatic rings. The molecular weight excluding hydrogens is 250 g/mol. The third kappa shape index (κ3) is 3.26. The second kappa shape index (κ2) is 6.04. The lowest BCUT2D eigenvalue weighted by Gasteiger charge is -2.42. The first-order valence-corrected chi connectivity index (χ1v) is 7.73. The Balaban J connectivity index is 2.37. The standard InChI is InChI=1S/C17H27NO2/c1-5-9-18(10-6-2)15-12-17(3,4)20-16-11-13(19)7-8-14(15)16/h7-8,11,15,19H,5-6,9-10,12H2,1-4H3. The molecule has 1 aliphatic heterocycles. The predicted octanol–water partition coefficient (Wildman–Crippen LogP) is 4.12. The molecule has 0 amide bonds. The summed E-state index contributed by atoms with van der Waals surface area (Å²) in [5.41, 5.74) is 1.02. The Hall–Kier alpha value is -1.22. The van der Waals surface area contributed by atoms with Crippen molar-refractivity contribution in [1.29, 1.82) is 0 Å². The van der Waals surface area contributed by atoms with Crippen molar-refractivity contribution in [3.05, 3.63) is 23.8 Å². The van der Waals surface area contributed by atoms with E-state index in [9.17, 15) is 5.11 Å². The number of phenolic OH excluding ortho intramolecular Hbond substituents is 1. The Morgan fingerprint density at radius 2 is 1.90 bits per heavy atom. The number of hydrogen-bond donors (Lipinski definition) is 1. The van der Waals surface area contributed by atoms with E-state index in [2.05, 4.69) is 32.6 Å². The van der Waals surface area contributed by atoms with Crippen LogP contribution in [0, 0.1) is 0 Å². The maximum absolute atomic E-state index is 9.70. The fraction of sp³-hybridized carbons (Fsp3) is 0.647. The van der Waals surface area contributed by atoms with Gasteiger partial charge in [0, 0.05) is 24.1 Å². The highest BCUT2D eigenvalue weighted by atomic mass is 16.5. The van der Waals surface area contributed by atoms with Crippen LogP contribution in [0.4, 0.5) is 0 Å². The van der Waals surface area contributed by atoms with Crippen LogP contribution in [0.15, 0.2) is 18.2 Å². The van der Waals surface area contributed by atoms with E-state index in [0.717, 1.165) is 38.1 Å². The lowest BCUT2D eigenvalue weighted by Crippen LogP contribution is -2.42. The van der Waals surface area contributed by atoms with E-state index in [1.807, 2.05) is 6.07 Å². The molecule has 0 radical (unpaired) electrons. The van der Waals surface area contributed by atoms with Gasteiger partial charge in [-0.1, -0.05) is 19.9 Å². The molecule has 0 aliphatic carbocycles. The molecule has 1 atom stereocenters. The molecule has 0 saturated carbocycles. The molecule has 20 heavy (non-hydrogen) atoms. The zero-order valence-electron chi connectivity index (χ0n) is 13.1. The van der Waals surface area contributed by atoms with Crippen molar-refractivity contribution in [3.63, 3.8) is 0 Å². The maximum Gasteiger partial charge on any atom is 0.128 e. The van der Waals surface area contributed by atoms with Crippen LogP contribution in [0.25, 0.3) is 0 Å². The average molecular weight is 277 g/mol. The number of hydrogen-bond acceptors (Lipinski definition) is 3. The van der Waals surface area contributed by atoms with E-state index in [-0.39, 0.29) is 11.4 Å². The Morgan fingerprint density at radius 1 is 1.25 bits per heavy atom. The van der Waals surface area contributed by atoms with Gasteiger partial charge in [0.05, 0.1) is 0 Å². The van der Waals surface area contributed by atoms with Gasteiger partial charge < -0.3 is 9.84 Å². The van der Waals surface area contributed by atoms with Gasteiger partial charge in [0.1, 0.15) is 17.1 Å². The van der Waals surface area contributed by atoms with Gasteiger partial charge in [-0.25, -0.2) is 0 Å². The summed E-state index contributed by atoms with van der Waals surface area (Å²) in [7, 11) is 0. The van der Waals surface area contributed by atoms with Gasteiger partial charge in [0.15, 0.2) is 0 Å². The first-order chi connectivity index (χ1) is 9.46. The van der Waals surface area contributed by atoms with Crippen LogP contribution in [0.1, 0.15) is 58.6 Å². The highest BCUT2D eigenvalue weighted by Crippen LogP contribution is 2.43. The predicted molar refractivity (Wildman–Crippen MR) is 82.3 cm³/mol. The Morgan fingerprint density at radius 3 is 2.50 bits per heavy atom. The summed E-state index contributed by atoms with van der Waals surface area (Å²) < 4.78 is 6.05. The Labute approximate surface area is 122 Å². The minimum absolute atomic E-state index is 0.189. The first-order valence-electron chi connectivity index (χ1n) is 7.73. The van der Waals surface area contributed by atoms with E-state index in [4.69, 9.17) is 4.74 Å². The van der Waals surface area contributed by atoms with Crippen molar-refractivity contribution >= 4 is 0 Å². The summed E-state index contributed by atoms with van der Waals surface area (Å²) in [4.78, 5) is 2.56. The quantitative estimate of drug-likeness (QED) is 0.879. The molecule has 3 heteroatoms. The molecule has 0 bridgehead atoms. The van der Waals surface area contributed by atoms with E-state index < -0.39 is 0 Å². The number of nitrogens with zero attached hydrogens (tertiary/aromatic N) is 1. The van der Waals surface area contributed by atoms with Gasteiger partial charge in [-0.15, -0.1) is 0 Å². The van der Waals surface area contributed by atoms with Crippen LogP contribution >= 0.6 is 0 Å². The second-order valence-corrected chi connectivity index (χ2v) is 6.34. The number of ether oxygens (including phenoxy) is 1. The monoisotopic (exact) mass is 277 g/mol. The van der Waals surface area contributed by atoms with Gasteiger partial charge in [0.2, 0.25) is 0 Å². The third-order valence-corrected chi connectivity index (χ3v) is 3.89. The van der Waals surface area contributed by atoms with Crippen molar-refractivity contribution in [2.75, 3.05) is 13.1 Å². The molecule has 1 N–H and O–H groups in total. The number of rotatable bonds is 5. The summed E-state index contributed by atoms with van der Waals surface area (Å²) in [6, 6.07) is 5.92. The molecule has 0 spiro atoms. The molecule has 0 aromatic heterocycles. The van der Waals surface area contributed by atoms with Crippen molar-refractivity contribution in [1.82, 2.24) is 4.90 Å². The smallest absolute Gasteiger partial charge is 0.128 e. The molecule has 2 rings (SSSR count). The highest BCUT2D eigenvalue weighted by molar-refractivity contribution is 5.44. The van der Waals surface area contributed by atoms with Crippen LogP contribution < -0.4 is 4.74 Å². The summed E-state index contributed by atoms with van der Waals surface area (Å²) in [6.45, 7) is 10.9. The fourth-order valence-electron chi connectivity index (χ4n) is 3.13. The van der Waals surface area contributed by atoms with Crippen LogP contribution in [0.3, 0.4) is 0 Å². The largest absolute Gasteiger partial charge is 0.508 e. The minimum atomic E-state index is -0.189. The summed E-state index contributed by atoms with van der Waals surface area (Å²) in [6.07, 6.45) is 3.31. The van der Waals surface area contributed by atoms with Gasteiger partial charge in [-0.3, -0.25) is 4.90 Å². The molecular formula is C17H27NO2. The zero-order valence-corrected chi connectivity index (χ0v) is 13.1. The summed E-state index contributed by atoms with van der Waals surface area (Å²) >= 11 is 0. The van der Waals surface area contributed by atoms with Crippen LogP contribution in [0.5, 0.6) is 11.5 Å². The first kappa shape index (κ1) is 15.2. The molecule has 1 heterocycles. The number of fused-ring (bicyclic) bond motifs is 1. The van der Waals surface area contributed by atoms with Crippen molar-refractivity contribution in [2.45, 2.75) is 58.6 Å². The second-order valence-electron chi connectivity index (χ2n) is 6.34.